The lowest BCUT2D eigenvalue weighted by Gasteiger charge is -2.06. The standard InChI is InChI=1S/C15H14N2O2/c1-11(17-13-3-2-4-14(18)10-13)9-15(19)12-5-7-16-8-6-12/h2-10,17-18H,1H3/b11-9+. The van der Waals surface area contributed by atoms with Gasteiger partial charge in [0.2, 0.25) is 0 Å². The lowest BCUT2D eigenvalue weighted by molar-refractivity contribution is 0.104. The third-order valence-corrected chi connectivity index (χ3v) is 2.50. The average Bonchev–Trinajstić information content (AvgIpc) is 2.39. The Labute approximate surface area is 111 Å². The maximum absolute atomic E-state index is 11.9. The van der Waals surface area contributed by atoms with Crippen molar-refractivity contribution in [1.29, 1.82) is 0 Å². The SMILES string of the molecule is C/C(=C\C(=O)c1ccncc1)Nc1cccc(O)c1. The van der Waals surface area contributed by atoms with Gasteiger partial charge in [-0.1, -0.05) is 6.07 Å². The van der Waals surface area contributed by atoms with Crippen molar-refractivity contribution in [2.45, 2.75) is 6.92 Å². The summed E-state index contributed by atoms with van der Waals surface area (Å²) < 4.78 is 0. The number of hydrogen-bond donors (Lipinski definition) is 2. The van der Waals surface area contributed by atoms with Crippen molar-refractivity contribution < 1.29 is 9.90 Å². The Balaban J connectivity index is 2.09. The summed E-state index contributed by atoms with van der Waals surface area (Å²) >= 11 is 0. The fourth-order valence-electron chi connectivity index (χ4n) is 1.64. The molecule has 0 saturated carbocycles. The van der Waals surface area contributed by atoms with Crippen molar-refractivity contribution >= 4 is 11.5 Å². The van der Waals surface area contributed by atoms with E-state index in [1.54, 1.807) is 49.6 Å². The smallest absolute Gasteiger partial charge is 0.187 e. The predicted molar refractivity (Wildman–Crippen MR) is 74.1 cm³/mol. The molecule has 0 saturated heterocycles. The molecule has 2 rings (SSSR count). The van der Waals surface area contributed by atoms with Gasteiger partial charge in [0.15, 0.2) is 5.78 Å². The van der Waals surface area contributed by atoms with Gasteiger partial charge >= 0.3 is 0 Å². The second-order valence-corrected chi connectivity index (χ2v) is 4.10. The van der Waals surface area contributed by atoms with Crippen molar-refractivity contribution in [3.8, 4) is 5.75 Å². The second-order valence-electron chi connectivity index (χ2n) is 4.10. The molecule has 0 fully saturated rings. The van der Waals surface area contributed by atoms with Crippen LogP contribution in [0, 0.1) is 0 Å². The van der Waals surface area contributed by atoms with Gasteiger partial charge in [0.1, 0.15) is 5.75 Å². The number of phenols is 1. The van der Waals surface area contributed by atoms with E-state index in [0.29, 0.717) is 11.3 Å². The molecule has 0 aliphatic carbocycles. The largest absolute Gasteiger partial charge is 0.508 e. The van der Waals surface area contributed by atoms with E-state index < -0.39 is 0 Å². The van der Waals surface area contributed by atoms with Crippen LogP contribution in [0.5, 0.6) is 5.75 Å². The Morgan fingerprint density at radius 1 is 1.26 bits per heavy atom. The molecule has 0 unspecified atom stereocenters. The second kappa shape index (κ2) is 5.82. The minimum Gasteiger partial charge on any atom is -0.508 e. The molecule has 1 aromatic carbocycles. The maximum atomic E-state index is 11.9. The van der Waals surface area contributed by atoms with Gasteiger partial charge in [-0.3, -0.25) is 9.78 Å². The van der Waals surface area contributed by atoms with E-state index in [9.17, 15) is 9.90 Å². The summed E-state index contributed by atoms with van der Waals surface area (Å²) in [7, 11) is 0. The first-order valence-electron chi connectivity index (χ1n) is 5.84. The van der Waals surface area contributed by atoms with Gasteiger partial charge in [-0.15, -0.1) is 0 Å². The monoisotopic (exact) mass is 254 g/mol. The summed E-state index contributed by atoms with van der Waals surface area (Å²) in [6, 6.07) is 10.1. The first-order valence-corrected chi connectivity index (χ1v) is 5.84. The van der Waals surface area contributed by atoms with Crippen molar-refractivity contribution in [3.63, 3.8) is 0 Å². The molecule has 1 heterocycles. The molecule has 96 valence electrons. The number of benzene rings is 1. The van der Waals surface area contributed by atoms with E-state index in [-0.39, 0.29) is 11.5 Å². The van der Waals surface area contributed by atoms with Crippen LogP contribution in [-0.2, 0) is 0 Å². The van der Waals surface area contributed by atoms with Gasteiger partial charge < -0.3 is 10.4 Å². The lowest BCUT2D eigenvalue weighted by Crippen LogP contribution is -2.01. The number of pyridine rings is 1. The Bertz CT molecular complexity index is 607. The van der Waals surface area contributed by atoms with Crippen molar-refractivity contribution in [1.82, 2.24) is 4.98 Å². The van der Waals surface area contributed by atoms with Crippen LogP contribution in [0.25, 0.3) is 0 Å². The molecule has 0 aliphatic rings. The van der Waals surface area contributed by atoms with Gasteiger partial charge in [-0.05, 0) is 31.2 Å². The van der Waals surface area contributed by atoms with E-state index in [2.05, 4.69) is 10.3 Å². The minimum atomic E-state index is -0.0902. The normalized spacial score (nSPS) is 11.1. The summed E-state index contributed by atoms with van der Waals surface area (Å²) in [6.45, 7) is 1.79. The van der Waals surface area contributed by atoms with Crippen LogP contribution in [0.2, 0.25) is 0 Å². The van der Waals surface area contributed by atoms with Crippen LogP contribution >= 0.6 is 0 Å². The molecule has 0 amide bonds. The van der Waals surface area contributed by atoms with Crippen LogP contribution in [0.15, 0.2) is 60.6 Å². The zero-order valence-corrected chi connectivity index (χ0v) is 10.5. The van der Waals surface area contributed by atoms with Gasteiger partial charge in [0.05, 0.1) is 0 Å². The van der Waals surface area contributed by atoms with E-state index >= 15 is 0 Å². The average molecular weight is 254 g/mol. The molecule has 0 aliphatic heterocycles. The number of nitrogens with one attached hydrogen (secondary N) is 1. The van der Waals surface area contributed by atoms with E-state index in [4.69, 9.17) is 0 Å². The number of ketones is 1. The van der Waals surface area contributed by atoms with Crippen LogP contribution in [0.1, 0.15) is 17.3 Å². The fraction of sp³-hybridized carbons (Fsp3) is 0.0667. The minimum absolute atomic E-state index is 0.0902. The highest BCUT2D eigenvalue weighted by Gasteiger charge is 2.02. The number of phenolic OH excluding ortho intramolecular Hbond substituents is 1. The van der Waals surface area contributed by atoms with E-state index in [0.717, 1.165) is 5.69 Å². The first kappa shape index (κ1) is 12.8. The summed E-state index contributed by atoms with van der Waals surface area (Å²) in [5.41, 5.74) is 2.02. The number of carbonyl (C=O) groups excluding carboxylic acids is 1. The Morgan fingerprint density at radius 3 is 2.68 bits per heavy atom. The van der Waals surface area contributed by atoms with Crippen LogP contribution < -0.4 is 5.32 Å². The molecule has 1 aromatic heterocycles. The number of rotatable bonds is 4. The molecule has 2 N–H and O–H groups in total. The topological polar surface area (TPSA) is 62.2 Å². The maximum Gasteiger partial charge on any atom is 0.187 e. The molecule has 4 heteroatoms. The quantitative estimate of drug-likeness (QED) is 0.650. The summed E-state index contributed by atoms with van der Waals surface area (Å²) in [5.74, 6) is 0.0887. The molecule has 0 spiro atoms. The Kier molecular flexibility index (Phi) is 3.93. The highest BCUT2D eigenvalue weighted by molar-refractivity contribution is 6.04. The zero-order valence-electron chi connectivity index (χ0n) is 10.5. The molecular weight excluding hydrogens is 240 g/mol. The number of hydrogen-bond acceptors (Lipinski definition) is 4. The highest BCUT2D eigenvalue weighted by atomic mass is 16.3. The third-order valence-electron chi connectivity index (χ3n) is 2.50. The zero-order chi connectivity index (χ0) is 13.7. The number of aromatic hydroxyl groups is 1. The molecule has 0 bridgehead atoms. The molecule has 2 aromatic rings. The lowest BCUT2D eigenvalue weighted by atomic mass is 10.1. The predicted octanol–water partition coefficient (Wildman–Crippen LogP) is 2.99. The van der Waals surface area contributed by atoms with Crippen LogP contribution in [0.4, 0.5) is 5.69 Å². The summed E-state index contributed by atoms with van der Waals surface area (Å²) in [4.78, 5) is 15.8. The molecule has 19 heavy (non-hydrogen) atoms. The summed E-state index contributed by atoms with van der Waals surface area (Å²) in [6.07, 6.45) is 4.68. The molecule has 0 atom stereocenters. The number of nitrogens with zero attached hydrogens (tertiary/aromatic N) is 1. The summed E-state index contributed by atoms with van der Waals surface area (Å²) in [5, 5.41) is 12.4. The van der Waals surface area contributed by atoms with E-state index in [1.807, 2.05) is 6.07 Å². The van der Waals surface area contributed by atoms with Crippen molar-refractivity contribution in [2.24, 2.45) is 0 Å². The fourth-order valence-corrected chi connectivity index (χ4v) is 1.64. The third kappa shape index (κ3) is 3.67. The first-order chi connectivity index (χ1) is 9.15. The van der Waals surface area contributed by atoms with Gasteiger partial charge in [-0.25, -0.2) is 0 Å². The van der Waals surface area contributed by atoms with Crippen molar-refractivity contribution in [2.75, 3.05) is 5.32 Å². The number of allylic oxidation sites excluding steroid dienone is 2. The molecular formula is C15H14N2O2. The van der Waals surface area contributed by atoms with Crippen LogP contribution in [0.3, 0.4) is 0 Å². The molecule has 4 nitrogen and oxygen atoms in total. The number of carbonyl (C=O) groups is 1. The number of aromatic nitrogens is 1. The Morgan fingerprint density at radius 2 is 2.00 bits per heavy atom. The van der Waals surface area contributed by atoms with Crippen molar-refractivity contribution in [3.05, 3.63) is 66.1 Å². The van der Waals surface area contributed by atoms with Gasteiger partial charge in [-0.2, -0.15) is 0 Å². The van der Waals surface area contributed by atoms with Gasteiger partial charge in [0, 0.05) is 41.5 Å². The molecule has 0 radical (unpaired) electrons. The number of anilines is 1. The van der Waals surface area contributed by atoms with Gasteiger partial charge in [0.25, 0.3) is 0 Å². The van der Waals surface area contributed by atoms with E-state index in [1.165, 1.54) is 6.08 Å². The Hall–Kier alpha value is -2.62. The highest BCUT2D eigenvalue weighted by Crippen LogP contribution is 2.17. The van der Waals surface area contributed by atoms with Crippen LogP contribution in [-0.4, -0.2) is 15.9 Å².